The van der Waals surface area contributed by atoms with Crippen molar-refractivity contribution in [3.05, 3.63) is 96.3 Å². The highest BCUT2D eigenvalue weighted by molar-refractivity contribution is 8.00. The second kappa shape index (κ2) is 10.2. The molecule has 1 atom stereocenters. The highest BCUT2D eigenvalue weighted by Crippen LogP contribution is 2.26. The van der Waals surface area contributed by atoms with Gasteiger partial charge >= 0.3 is 0 Å². The van der Waals surface area contributed by atoms with Crippen LogP contribution in [0.25, 0.3) is 0 Å². The highest BCUT2D eigenvalue weighted by Gasteiger charge is 2.19. The van der Waals surface area contributed by atoms with Gasteiger partial charge in [-0.25, -0.2) is 0 Å². The van der Waals surface area contributed by atoms with Crippen LogP contribution in [0.4, 0.5) is 5.69 Å². The molecule has 0 fully saturated rings. The Labute approximate surface area is 191 Å². The summed E-state index contributed by atoms with van der Waals surface area (Å²) in [5.41, 5.74) is 1.87. The van der Waals surface area contributed by atoms with Crippen LogP contribution in [0.2, 0.25) is 0 Å². The summed E-state index contributed by atoms with van der Waals surface area (Å²) in [5, 5.41) is 11.8. The quantitative estimate of drug-likeness (QED) is 0.361. The third-order valence-electron chi connectivity index (χ3n) is 4.84. The number of amides is 1. The Balaban J connectivity index is 1.36. The topological polar surface area (TPSA) is 69.0 Å². The Hall–Kier alpha value is -3.58. The second-order valence-electron chi connectivity index (χ2n) is 7.29. The fourth-order valence-corrected chi connectivity index (χ4v) is 3.98. The molecule has 3 aromatic carbocycles. The fourth-order valence-electron chi connectivity index (χ4n) is 3.08. The molecule has 4 rings (SSSR count). The van der Waals surface area contributed by atoms with Crippen LogP contribution in [0, 0.1) is 6.92 Å². The van der Waals surface area contributed by atoms with Gasteiger partial charge in [0.15, 0.2) is 5.16 Å². The van der Waals surface area contributed by atoms with E-state index in [2.05, 4.69) is 27.6 Å². The van der Waals surface area contributed by atoms with Crippen LogP contribution in [0.5, 0.6) is 11.5 Å². The molecule has 1 heterocycles. The summed E-state index contributed by atoms with van der Waals surface area (Å²) in [7, 11) is 0. The third kappa shape index (κ3) is 5.56. The van der Waals surface area contributed by atoms with Crippen molar-refractivity contribution < 1.29 is 9.53 Å². The third-order valence-corrected chi connectivity index (χ3v) is 5.92. The molecule has 162 valence electrons. The van der Waals surface area contributed by atoms with E-state index < -0.39 is 0 Å². The number of benzene rings is 3. The molecule has 0 aliphatic heterocycles. The first-order valence-corrected chi connectivity index (χ1v) is 11.2. The molecule has 1 N–H and O–H groups in total. The maximum absolute atomic E-state index is 12.7. The lowest BCUT2D eigenvalue weighted by molar-refractivity contribution is -0.115. The summed E-state index contributed by atoms with van der Waals surface area (Å²) >= 11 is 1.40. The maximum atomic E-state index is 12.7. The van der Waals surface area contributed by atoms with Gasteiger partial charge in [0.05, 0.1) is 11.8 Å². The molecule has 0 bridgehead atoms. The normalized spacial score (nSPS) is 11.7. The van der Waals surface area contributed by atoms with Crippen LogP contribution >= 0.6 is 11.8 Å². The number of carbonyl (C=O) groups excluding carboxylic acids is 1. The number of aromatic nitrogens is 3. The van der Waals surface area contributed by atoms with Crippen molar-refractivity contribution in [3.63, 3.8) is 0 Å². The molecule has 1 aromatic heterocycles. The van der Waals surface area contributed by atoms with Gasteiger partial charge in [-0.1, -0.05) is 60.3 Å². The van der Waals surface area contributed by atoms with Crippen LogP contribution in [0.1, 0.15) is 18.3 Å². The summed E-state index contributed by atoms with van der Waals surface area (Å²) in [6.07, 6.45) is 0. The van der Waals surface area contributed by atoms with Crippen molar-refractivity contribution in [1.29, 1.82) is 0 Å². The molecular formula is C25H24N4O2S. The van der Waals surface area contributed by atoms with Gasteiger partial charge in [0.1, 0.15) is 17.3 Å². The number of aryl methyl sites for hydroxylation is 1. The van der Waals surface area contributed by atoms with Crippen molar-refractivity contribution >= 4 is 23.4 Å². The van der Waals surface area contributed by atoms with Crippen molar-refractivity contribution in [2.75, 3.05) is 5.32 Å². The average Bonchev–Trinajstić information content (AvgIpc) is 3.15. The predicted molar refractivity (Wildman–Crippen MR) is 127 cm³/mol. The molecule has 0 aliphatic carbocycles. The first kappa shape index (κ1) is 21.6. The van der Waals surface area contributed by atoms with E-state index in [1.807, 2.05) is 91.2 Å². The van der Waals surface area contributed by atoms with Gasteiger partial charge in [0.2, 0.25) is 5.91 Å². The zero-order valence-corrected chi connectivity index (χ0v) is 18.8. The van der Waals surface area contributed by atoms with Gasteiger partial charge < -0.3 is 14.6 Å². The molecule has 0 saturated carbocycles. The molecule has 0 saturated heterocycles. The van der Waals surface area contributed by atoms with E-state index in [0.29, 0.717) is 18.0 Å². The fraction of sp³-hybridized carbons (Fsp3) is 0.160. The number of rotatable bonds is 8. The molecule has 1 amide bonds. The van der Waals surface area contributed by atoms with E-state index in [9.17, 15) is 4.79 Å². The number of hydrogen-bond donors (Lipinski definition) is 1. The number of thioether (sulfide) groups is 1. The number of nitrogens with zero attached hydrogens (tertiary/aromatic N) is 3. The molecule has 0 aliphatic rings. The Morgan fingerprint density at radius 3 is 2.25 bits per heavy atom. The summed E-state index contributed by atoms with van der Waals surface area (Å²) in [6.45, 7) is 4.45. The van der Waals surface area contributed by atoms with Crippen LogP contribution in [0.15, 0.2) is 90.1 Å². The van der Waals surface area contributed by atoms with Crippen LogP contribution in [-0.4, -0.2) is 25.9 Å². The molecule has 6 nitrogen and oxygen atoms in total. The number of hydrogen-bond acceptors (Lipinski definition) is 5. The Kier molecular flexibility index (Phi) is 6.87. The van der Waals surface area contributed by atoms with E-state index in [-0.39, 0.29) is 11.2 Å². The Morgan fingerprint density at radius 1 is 0.938 bits per heavy atom. The van der Waals surface area contributed by atoms with Gasteiger partial charge in [0.25, 0.3) is 0 Å². The van der Waals surface area contributed by atoms with E-state index in [1.165, 1.54) is 11.8 Å². The first-order valence-electron chi connectivity index (χ1n) is 10.3. The van der Waals surface area contributed by atoms with Crippen molar-refractivity contribution in [1.82, 2.24) is 14.8 Å². The number of anilines is 1. The first-order chi connectivity index (χ1) is 15.6. The number of ether oxygens (including phenoxy) is 1. The maximum Gasteiger partial charge on any atom is 0.237 e. The zero-order valence-electron chi connectivity index (χ0n) is 17.9. The van der Waals surface area contributed by atoms with Crippen LogP contribution in [-0.2, 0) is 11.3 Å². The minimum atomic E-state index is -0.339. The zero-order chi connectivity index (χ0) is 22.3. The van der Waals surface area contributed by atoms with Crippen molar-refractivity contribution in [2.45, 2.75) is 30.8 Å². The number of nitrogens with one attached hydrogen (secondary N) is 1. The van der Waals surface area contributed by atoms with Crippen molar-refractivity contribution in [2.24, 2.45) is 0 Å². The average molecular weight is 445 g/mol. The lowest BCUT2D eigenvalue weighted by atomic mass is 10.2. The van der Waals surface area contributed by atoms with E-state index in [0.717, 1.165) is 22.3 Å². The molecular weight excluding hydrogens is 420 g/mol. The summed E-state index contributed by atoms with van der Waals surface area (Å²) in [6, 6.07) is 27.0. The van der Waals surface area contributed by atoms with E-state index in [1.54, 1.807) is 0 Å². The molecule has 4 aromatic rings. The highest BCUT2D eigenvalue weighted by atomic mass is 32.2. The largest absolute Gasteiger partial charge is 0.457 e. The van der Waals surface area contributed by atoms with Gasteiger partial charge in [-0.3, -0.25) is 4.79 Å². The summed E-state index contributed by atoms with van der Waals surface area (Å²) < 4.78 is 7.82. The van der Waals surface area contributed by atoms with Crippen LogP contribution in [0.3, 0.4) is 0 Å². The van der Waals surface area contributed by atoms with Gasteiger partial charge in [-0.2, -0.15) is 0 Å². The predicted octanol–water partition coefficient (Wildman–Crippen LogP) is 5.55. The van der Waals surface area contributed by atoms with E-state index in [4.69, 9.17) is 4.74 Å². The smallest absolute Gasteiger partial charge is 0.237 e. The van der Waals surface area contributed by atoms with Gasteiger partial charge in [0, 0.05) is 5.69 Å². The summed E-state index contributed by atoms with van der Waals surface area (Å²) in [4.78, 5) is 12.7. The monoisotopic (exact) mass is 444 g/mol. The molecule has 0 radical (unpaired) electrons. The molecule has 32 heavy (non-hydrogen) atoms. The lowest BCUT2D eigenvalue weighted by Crippen LogP contribution is -2.23. The van der Waals surface area contributed by atoms with Gasteiger partial charge in [-0.15, -0.1) is 10.2 Å². The SMILES string of the molecule is Cc1nnc(SC(C)C(=O)Nc2ccc(Oc3ccccc3)cc2)n1Cc1ccccc1. The summed E-state index contributed by atoms with van der Waals surface area (Å²) in [5.74, 6) is 2.20. The van der Waals surface area contributed by atoms with E-state index >= 15 is 0 Å². The van der Waals surface area contributed by atoms with Crippen LogP contribution < -0.4 is 10.1 Å². The van der Waals surface area contributed by atoms with Crippen molar-refractivity contribution in [3.8, 4) is 11.5 Å². The minimum Gasteiger partial charge on any atom is -0.457 e. The van der Waals surface area contributed by atoms with Gasteiger partial charge in [-0.05, 0) is 55.8 Å². The Bertz CT molecular complexity index is 1160. The second-order valence-corrected chi connectivity index (χ2v) is 8.60. The standard InChI is InChI=1S/C25H24N4O2S/c1-18(32-25-28-27-19(2)29(25)17-20-9-5-3-6-10-20)24(30)26-21-13-15-23(16-14-21)31-22-11-7-4-8-12-22/h3-16,18H,17H2,1-2H3,(H,26,30). The molecule has 0 spiro atoms. The molecule has 7 heteroatoms. The minimum absolute atomic E-state index is 0.0985. The number of para-hydroxylation sites is 1. The Morgan fingerprint density at radius 2 is 1.56 bits per heavy atom. The lowest BCUT2D eigenvalue weighted by Gasteiger charge is -2.14. The molecule has 1 unspecified atom stereocenters. The number of carbonyl (C=O) groups is 1.